The minimum Gasteiger partial charge on any atom is -0.497 e. The van der Waals surface area contributed by atoms with Gasteiger partial charge in [-0.15, -0.1) is 0 Å². The molecule has 6 heteroatoms. The van der Waals surface area contributed by atoms with Gasteiger partial charge in [-0.25, -0.2) is 0 Å². The van der Waals surface area contributed by atoms with Gasteiger partial charge in [0.1, 0.15) is 5.75 Å². The number of ether oxygens (including phenoxy) is 1. The van der Waals surface area contributed by atoms with E-state index in [9.17, 15) is 18.0 Å². The predicted molar refractivity (Wildman–Crippen MR) is 85.3 cm³/mol. The minimum atomic E-state index is -4.39. The van der Waals surface area contributed by atoms with E-state index in [1.807, 2.05) is 0 Å². The molecule has 0 aromatic heterocycles. The molecule has 0 unspecified atom stereocenters. The van der Waals surface area contributed by atoms with Gasteiger partial charge in [0.25, 0.3) is 0 Å². The highest BCUT2D eigenvalue weighted by Gasteiger charge is 2.30. The van der Waals surface area contributed by atoms with Gasteiger partial charge in [0.05, 0.1) is 12.7 Å². The third-order valence-corrected chi connectivity index (χ3v) is 3.26. The topological polar surface area (TPSA) is 38.3 Å². The second kappa shape index (κ2) is 7.68. The highest BCUT2D eigenvalue weighted by molar-refractivity contribution is 5.91. The summed E-state index contributed by atoms with van der Waals surface area (Å²) in [7, 11) is 1.56. The molecule has 2 aromatic rings. The molecule has 0 aliphatic rings. The van der Waals surface area contributed by atoms with Gasteiger partial charge in [-0.05, 0) is 41.5 Å². The second-order valence-electron chi connectivity index (χ2n) is 5.02. The molecule has 0 atom stereocenters. The number of carbonyl (C=O) groups is 1. The number of hydrogen-bond acceptors (Lipinski definition) is 2. The van der Waals surface area contributed by atoms with E-state index >= 15 is 0 Å². The molecule has 0 aliphatic heterocycles. The van der Waals surface area contributed by atoms with E-state index in [2.05, 4.69) is 5.32 Å². The zero-order valence-corrected chi connectivity index (χ0v) is 12.9. The van der Waals surface area contributed by atoms with E-state index in [4.69, 9.17) is 4.74 Å². The number of methoxy groups -OCH3 is 1. The fraction of sp³-hybridized carbons (Fsp3) is 0.167. The van der Waals surface area contributed by atoms with E-state index in [1.54, 1.807) is 37.5 Å². The Morgan fingerprint density at radius 1 is 1.17 bits per heavy atom. The minimum absolute atomic E-state index is 0.0235. The van der Waals surface area contributed by atoms with Gasteiger partial charge in [0, 0.05) is 12.6 Å². The van der Waals surface area contributed by atoms with Crippen molar-refractivity contribution in [3.05, 3.63) is 71.3 Å². The van der Waals surface area contributed by atoms with Crippen LogP contribution in [0.2, 0.25) is 0 Å². The van der Waals surface area contributed by atoms with Gasteiger partial charge in [-0.2, -0.15) is 13.2 Å². The lowest BCUT2D eigenvalue weighted by Crippen LogP contribution is -2.20. The van der Waals surface area contributed by atoms with Crippen LogP contribution in [0.5, 0.6) is 5.75 Å². The monoisotopic (exact) mass is 335 g/mol. The van der Waals surface area contributed by atoms with Crippen molar-refractivity contribution in [1.82, 2.24) is 5.32 Å². The third-order valence-electron chi connectivity index (χ3n) is 3.26. The Kier molecular flexibility index (Phi) is 5.63. The van der Waals surface area contributed by atoms with Crippen LogP contribution in [0.1, 0.15) is 16.7 Å². The van der Waals surface area contributed by atoms with Crippen LogP contribution in [-0.4, -0.2) is 13.0 Å². The van der Waals surface area contributed by atoms with Gasteiger partial charge in [0.15, 0.2) is 0 Å². The SMILES string of the molecule is COc1ccc(/C=C\C(=O)NCc2cccc(C(F)(F)F)c2)cc1. The Labute approximate surface area is 137 Å². The van der Waals surface area contributed by atoms with E-state index in [0.29, 0.717) is 11.3 Å². The lowest BCUT2D eigenvalue weighted by Gasteiger charge is -2.09. The average molecular weight is 335 g/mol. The van der Waals surface area contributed by atoms with Crippen molar-refractivity contribution in [2.75, 3.05) is 7.11 Å². The van der Waals surface area contributed by atoms with Crippen LogP contribution in [-0.2, 0) is 17.5 Å². The van der Waals surface area contributed by atoms with Crippen molar-refractivity contribution >= 4 is 12.0 Å². The van der Waals surface area contributed by atoms with Crippen molar-refractivity contribution < 1.29 is 22.7 Å². The summed E-state index contributed by atoms with van der Waals surface area (Å²) in [5.74, 6) is 0.323. The summed E-state index contributed by atoms with van der Waals surface area (Å²) in [6.07, 6.45) is -1.45. The standard InChI is InChI=1S/C18H16F3NO2/c1-24-16-8-5-13(6-9-16)7-10-17(23)22-12-14-3-2-4-15(11-14)18(19,20)21/h2-11H,12H2,1H3,(H,22,23)/b10-7-. The van der Waals surface area contributed by atoms with Gasteiger partial charge >= 0.3 is 6.18 Å². The van der Waals surface area contributed by atoms with E-state index in [1.165, 1.54) is 18.2 Å². The van der Waals surface area contributed by atoms with Gasteiger partial charge < -0.3 is 10.1 Å². The molecular weight excluding hydrogens is 319 g/mol. The third kappa shape index (κ3) is 5.15. The van der Waals surface area contributed by atoms with E-state index < -0.39 is 11.7 Å². The normalized spacial score (nSPS) is 11.5. The molecule has 2 aromatic carbocycles. The molecule has 3 nitrogen and oxygen atoms in total. The number of alkyl halides is 3. The van der Waals surface area contributed by atoms with Gasteiger partial charge in [-0.1, -0.05) is 24.3 Å². The summed E-state index contributed by atoms with van der Waals surface area (Å²) in [6.45, 7) is 0.0235. The summed E-state index contributed by atoms with van der Waals surface area (Å²) >= 11 is 0. The molecular formula is C18H16F3NO2. The summed E-state index contributed by atoms with van der Waals surface area (Å²) in [4.78, 5) is 11.7. The number of benzene rings is 2. The molecule has 126 valence electrons. The maximum absolute atomic E-state index is 12.6. The van der Waals surface area contributed by atoms with E-state index in [0.717, 1.165) is 17.7 Å². The average Bonchev–Trinajstić information content (AvgIpc) is 2.58. The second-order valence-corrected chi connectivity index (χ2v) is 5.02. The fourth-order valence-corrected chi connectivity index (χ4v) is 1.99. The van der Waals surface area contributed by atoms with Crippen molar-refractivity contribution in [3.8, 4) is 5.75 Å². The number of nitrogens with one attached hydrogen (secondary N) is 1. The zero-order valence-electron chi connectivity index (χ0n) is 12.9. The summed E-state index contributed by atoms with van der Waals surface area (Å²) in [6, 6.07) is 12.0. The highest BCUT2D eigenvalue weighted by Crippen LogP contribution is 2.29. The molecule has 0 aliphatic carbocycles. The molecule has 0 spiro atoms. The van der Waals surface area contributed by atoms with Crippen LogP contribution >= 0.6 is 0 Å². The van der Waals surface area contributed by atoms with Gasteiger partial charge in [-0.3, -0.25) is 4.79 Å². The van der Waals surface area contributed by atoms with Crippen LogP contribution < -0.4 is 10.1 Å². The quantitative estimate of drug-likeness (QED) is 0.838. The van der Waals surface area contributed by atoms with Crippen molar-refractivity contribution in [1.29, 1.82) is 0 Å². The van der Waals surface area contributed by atoms with Crippen molar-refractivity contribution in [2.24, 2.45) is 0 Å². The van der Waals surface area contributed by atoms with Gasteiger partial charge in [0.2, 0.25) is 5.91 Å². The smallest absolute Gasteiger partial charge is 0.416 e. The Morgan fingerprint density at radius 3 is 2.50 bits per heavy atom. The number of carbonyl (C=O) groups excluding carboxylic acids is 1. The summed E-state index contributed by atoms with van der Waals surface area (Å²) in [5, 5.41) is 2.55. The highest BCUT2D eigenvalue weighted by atomic mass is 19.4. The van der Waals surface area contributed by atoms with Crippen LogP contribution in [0.4, 0.5) is 13.2 Å². The number of rotatable bonds is 5. The molecule has 0 heterocycles. The Bertz CT molecular complexity index is 722. The number of amides is 1. The Morgan fingerprint density at radius 2 is 1.88 bits per heavy atom. The lowest BCUT2D eigenvalue weighted by atomic mass is 10.1. The molecule has 0 radical (unpaired) electrons. The lowest BCUT2D eigenvalue weighted by molar-refractivity contribution is -0.137. The van der Waals surface area contributed by atoms with Crippen LogP contribution in [0.15, 0.2) is 54.6 Å². The van der Waals surface area contributed by atoms with Crippen LogP contribution in [0.3, 0.4) is 0 Å². The first-order valence-corrected chi connectivity index (χ1v) is 7.14. The Balaban J connectivity index is 1.92. The summed E-state index contributed by atoms with van der Waals surface area (Å²) < 4.78 is 42.9. The maximum Gasteiger partial charge on any atom is 0.416 e. The first-order chi connectivity index (χ1) is 11.4. The fourth-order valence-electron chi connectivity index (χ4n) is 1.99. The summed E-state index contributed by atoms with van der Waals surface area (Å²) in [5.41, 5.74) is 0.462. The Hall–Kier alpha value is -2.76. The van der Waals surface area contributed by atoms with Crippen molar-refractivity contribution in [2.45, 2.75) is 12.7 Å². The molecule has 1 amide bonds. The first kappa shape index (κ1) is 17.6. The molecule has 1 N–H and O–H groups in total. The first-order valence-electron chi connectivity index (χ1n) is 7.14. The zero-order chi connectivity index (χ0) is 17.6. The number of halogens is 3. The van der Waals surface area contributed by atoms with E-state index in [-0.39, 0.29) is 12.5 Å². The largest absolute Gasteiger partial charge is 0.497 e. The number of hydrogen-bond donors (Lipinski definition) is 1. The molecule has 0 fully saturated rings. The molecule has 0 saturated carbocycles. The van der Waals surface area contributed by atoms with Crippen LogP contribution in [0.25, 0.3) is 6.08 Å². The predicted octanol–water partition coefficient (Wildman–Crippen LogP) is 4.04. The molecule has 0 bridgehead atoms. The molecule has 0 saturated heterocycles. The maximum atomic E-state index is 12.6. The molecule has 2 rings (SSSR count). The molecule has 24 heavy (non-hydrogen) atoms. The van der Waals surface area contributed by atoms with Crippen molar-refractivity contribution in [3.63, 3.8) is 0 Å². The van der Waals surface area contributed by atoms with Crippen LogP contribution in [0, 0.1) is 0 Å².